The number of carbonyl (C=O) groups excluding carboxylic acids is 1. The molecule has 1 atom stereocenters. The predicted octanol–water partition coefficient (Wildman–Crippen LogP) is 3.14. The van der Waals surface area contributed by atoms with Crippen molar-refractivity contribution < 1.29 is 19.4 Å². The minimum atomic E-state index is -0.847. The quantitative estimate of drug-likeness (QED) is 0.590. The van der Waals surface area contributed by atoms with Gasteiger partial charge in [0, 0.05) is 4.90 Å². The highest BCUT2D eigenvalue weighted by Crippen LogP contribution is 2.26. The molecule has 1 aromatic carbocycles. The molecule has 0 aliphatic carbocycles. The van der Waals surface area contributed by atoms with Crippen LogP contribution in [0.3, 0.4) is 0 Å². The van der Waals surface area contributed by atoms with Crippen LogP contribution in [0.15, 0.2) is 29.2 Å². The summed E-state index contributed by atoms with van der Waals surface area (Å²) in [7, 11) is 0. The number of carboxylic acids is 1. The molecule has 0 fully saturated rings. The molecule has 4 nitrogen and oxygen atoms in total. The van der Waals surface area contributed by atoms with Crippen LogP contribution in [-0.4, -0.2) is 28.9 Å². The first kappa shape index (κ1) is 16.6. The van der Waals surface area contributed by atoms with Gasteiger partial charge in [-0.25, -0.2) is 0 Å². The number of rotatable bonds is 8. The van der Waals surface area contributed by atoms with Crippen LogP contribution in [0.5, 0.6) is 0 Å². The molecule has 0 saturated carbocycles. The summed E-state index contributed by atoms with van der Waals surface area (Å²) in [4.78, 5) is 23.4. The van der Waals surface area contributed by atoms with Crippen LogP contribution in [-0.2, 0) is 20.7 Å². The maximum absolute atomic E-state index is 11.8. The lowest BCUT2D eigenvalue weighted by Gasteiger charge is -2.13. The molecule has 20 heavy (non-hydrogen) atoms. The zero-order valence-electron chi connectivity index (χ0n) is 11.8. The maximum atomic E-state index is 11.8. The lowest BCUT2D eigenvalue weighted by Crippen LogP contribution is -2.19. The Morgan fingerprint density at radius 2 is 1.90 bits per heavy atom. The fourth-order valence-corrected chi connectivity index (χ4v) is 2.57. The molecule has 0 radical (unpaired) electrons. The minimum absolute atomic E-state index is 0.0146. The third-order valence-corrected chi connectivity index (χ3v) is 3.99. The summed E-state index contributed by atoms with van der Waals surface area (Å²) in [5.41, 5.74) is 0.753. The molecule has 5 heteroatoms. The number of esters is 1. The topological polar surface area (TPSA) is 63.6 Å². The lowest BCUT2D eigenvalue weighted by atomic mass is 10.2. The number of benzene rings is 1. The Hall–Kier alpha value is -1.49. The largest absolute Gasteiger partial charge is 0.481 e. The fraction of sp³-hybridized carbons (Fsp3) is 0.467. The van der Waals surface area contributed by atoms with Crippen molar-refractivity contribution in [3.8, 4) is 0 Å². The Morgan fingerprint density at radius 3 is 2.40 bits per heavy atom. The third kappa shape index (κ3) is 5.65. The number of aliphatic carboxylic acids is 1. The Morgan fingerprint density at radius 1 is 1.25 bits per heavy atom. The summed E-state index contributed by atoms with van der Waals surface area (Å²) >= 11 is 1.45. The van der Waals surface area contributed by atoms with Gasteiger partial charge in [-0.1, -0.05) is 26.0 Å². The second-order valence-electron chi connectivity index (χ2n) is 4.40. The summed E-state index contributed by atoms with van der Waals surface area (Å²) in [5, 5.41) is 8.49. The van der Waals surface area contributed by atoms with E-state index < -0.39 is 5.97 Å². The van der Waals surface area contributed by atoms with Gasteiger partial charge in [0.15, 0.2) is 0 Å². The van der Waals surface area contributed by atoms with Crippen LogP contribution >= 0.6 is 11.8 Å². The lowest BCUT2D eigenvalue weighted by molar-refractivity contribution is -0.143. The number of hydrogen-bond acceptors (Lipinski definition) is 4. The smallest absolute Gasteiger partial charge is 0.319 e. The van der Waals surface area contributed by atoms with E-state index in [0.29, 0.717) is 13.0 Å². The van der Waals surface area contributed by atoms with Gasteiger partial charge in [-0.15, -0.1) is 11.8 Å². The van der Waals surface area contributed by atoms with E-state index in [4.69, 9.17) is 9.84 Å². The molecule has 110 valence electrons. The molecule has 1 unspecified atom stereocenters. The first-order chi connectivity index (χ1) is 9.56. The van der Waals surface area contributed by atoms with Gasteiger partial charge in [-0.05, 0) is 30.5 Å². The Labute approximate surface area is 123 Å². The summed E-state index contributed by atoms with van der Waals surface area (Å²) in [6.07, 6.45) is 1.53. The average Bonchev–Trinajstić information content (AvgIpc) is 2.43. The molecule has 0 spiro atoms. The SMILES string of the molecule is CCCOC(=O)C(CC)Sc1ccc(CC(=O)O)cc1. The average molecular weight is 296 g/mol. The van der Waals surface area contributed by atoms with Crippen LogP contribution in [0.4, 0.5) is 0 Å². The molecular formula is C15H20O4S. The van der Waals surface area contributed by atoms with E-state index in [2.05, 4.69) is 0 Å². The van der Waals surface area contributed by atoms with Crippen molar-refractivity contribution >= 4 is 23.7 Å². The van der Waals surface area contributed by atoms with Crippen molar-refractivity contribution in [3.63, 3.8) is 0 Å². The van der Waals surface area contributed by atoms with Crippen LogP contribution < -0.4 is 0 Å². The van der Waals surface area contributed by atoms with Crippen molar-refractivity contribution in [2.75, 3.05) is 6.61 Å². The second kappa shape index (κ2) is 8.64. The van der Waals surface area contributed by atoms with E-state index in [0.717, 1.165) is 16.9 Å². The van der Waals surface area contributed by atoms with Gasteiger partial charge in [0.05, 0.1) is 13.0 Å². The maximum Gasteiger partial charge on any atom is 0.319 e. The highest BCUT2D eigenvalue weighted by molar-refractivity contribution is 8.00. The molecule has 0 aliphatic rings. The fourth-order valence-electron chi connectivity index (χ4n) is 1.62. The number of thioether (sulfide) groups is 1. The molecule has 1 N–H and O–H groups in total. The molecule has 0 aliphatic heterocycles. The van der Waals surface area contributed by atoms with E-state index in [1.807, 2.05) is 26.0 Å². The summed E-state index contributed by atoms with van der Waals surface area (Å²) in [6, 6.07) is 7.25. The van der Waals surface area contributed by atoms with Gasteiger partial charge >= 0.3 is 11.9 Å². The molecule has 0 bridgehead atoms. The van der Waals surface area contributed by atoms with Crippen molar-refractivity contribution in [2.24, 2.45) is 0 Å². The number of hydrogen-bond donors (Lipinski definition) is 1. The van der Waals surface area contributed by atoms with Gasteiger partial charge in [0.25, 0.3) is 0 Å². The van der Waals surface area contributed by atoms with Gasteiger partial charge in [0.2, 0.25) is 0 Å². The Kier molecular flexibility index (Phi) is 7.15. The van der Waals surface area contributed by atoms with E-state index in [1.165, 1.54) is 11.8 Å². The van der Waals surface area contributed by atoms with E-state index >= 15 is 0 Å². The summed E-state index contributed by atoms with van der Waals surface area (Å²) < 4.78 is 5.16. The molecule has 0 saturated heterocycles. The molecule has 0 heterocycles. The number of carboxylic acid groups (broad SMARTS) is 1. The normalized spacial score (nSPS) is 11.9. The van der Waals surface area contributed by atoms with Crippen molar-refractivity contribution in [2.45, 2.75) is 43.3 Å². The highest BCUT2D eigenvalue weighted by atomic mass is 32.2. The standard InChI is InChI=1S/C15H20O4S/c1-3-9-19-15(18)13(4-2)20-12-7-5-11(6-8-12)10-14(16)17/h5-8,13H,3-4,9-10H2,1-2H3,(H,16,17). The van der Waals surface area contributed by atoms with Gasteiger partial charge in [-0.3, -0.25) is 9.59 Å². The van der Waals surface area contributed by atoms with Crippen LogP contribution in [0.1, 0.15) is 32.3 Å². The van der Waals surface area contributed by atoms with Gasteiger partial charge in [-0.2, -0.15) is 0 Å². The van der Waals surface area contributed by atoms with Gasteiger partial charge < -0.3 is 9.84 Å². The van der Waals surface area contributed by atoms with Crippen LogP contribution in [0.25, 0.3) is 0 Å². The first-order valence-corrected chi connectivity index (χ1v) is 7.58. The molecular weight excluding hydrogens is 276 g/mol. The monoisotopic (exact) mass is 296 g/mol. The van der Waals surface area contributed by atoms with E-state index in [-0.39, 0.29) is 17.6 Å². The molecule has 1 aromatic rings. The zero-order valence-corrected chi connectivity index (χ0v) is 12.6. The van der Waals surface area contributed by atoms with E-state index in [1.54, 1.807) is 12.1 Å². The number of ether oxygens (including phenoxy) is 1. The Balaban J connectivity index is 2.61. The molecule has 1 rings (SSSR count). The Bertz CT molecular complexity index is 442. The first-order valence-electron chi connectivity index (χ1n) is 6.70. The van der Waals surface area contributed by atoms with E-state index in [9.17, 15) is 9.59 Å². The molecule has 0 amide bonds. The summed E-state index contributed by atoms with van der Waals surface area (Å²) in [6.45, 7) is 4.36. The van der Waals surface area contributed by atoms with Crippen molar-refractivity contribution in [1.29, 1.82) is 0 Å². The predicted molar refractivity (Wildman–Crippen MR) is 79.0 cm³/mol. The number of carbonyl (C=O) groups is 2. The highest BCUT2D eigenvalue weighted by Gasteiger charge is 2.19. The summed E-state index contributed by atoms with van der Waals surface area (Å²) in [5.74, 6) is -1.03. The zero-order chi connectivity index (χ0) is 15.0. The van der Waals surface area contributed by atoms with Crippen molar-refractivity contribution in [1.82, 2.24) is 0 Å². The van der Waals surface area contributed by atoms with Crippen LogP contribution in [0.2, 0.25) is 0 Å². The van der Waals surface area contributed by atoms with Gasteiger partial charge in [0.1, 0.15) is 5.25 Å². The second-order valence-corrected chi connectivity index (χ2v) is 5.67. The molecule has 0 aromatic heterocycles. The minimum Gasteiger partial charge on any atom is -0.481 e. The van der Waals surface area contributed by atoms with Crippen molar-refractivity contribution in [3.05, 3.63) is 29.8 Å². The van der Waals surface area contributed by atoms with Crippen LogP contribution in [0, 0.1) is 0 Å². The third-order valence-electron chi connectivity index (χ3n) is 2.64.